The first-order valence-electron chi connectivity index (χ1n) is 9.97. The molecule has 1 N–H and O–H groups in total. The fourth-order valence-electron chi connectivity index (χ4n) is 3.82. The highest BCUT2D eigenvalue weighted by Crippen LogP contribution is 2.23. The Morgan fingerprint density at radius 2 is 1.75 bits per heavy atom. The van der Waals surface area contributed by atoms with E-state index < -0.39 is 0 Å². The molecule has 0 unspecified atom stereocenters. The molecule has 0 amide bonds. The van der Waals surface area contributed by atoms with Crippen molar-refractivity contribution in [1.82, 2.24) is 25.1 Å². The molecule has 0 spiro atoms. The number of nitrogens with one attached hydrogen (secondary N) is 1. The summed E-state index contributed by atoms with van der Waals surface area (Å²) in [6.07, 6.45) is 2.22. The molecule has 0 aliphatic carbocycles. The van der Waals surface area contributed by atoms with Gasteiger partial charge in [0.05, 0.1) is 11.4 Å². The molecule has 0 radical (unpaired) electrons. The van der Waals surface area contributed by atoms with Crippen molar-refractivity contribution in [3.63, 3.8) is 0 Å². The van der Waals surface area contributed by atoms with Gasteiger partial charge in [0.25, 0.3) is 0 Å². The second kappa shape index (κ2) is 8.10. The summed E-state index contributed by atoms with van der Waals surface area (Å²) in [5.41, 5.74) is 4.38. The predicted molar refractivity (Wildman–Crippen MR) is 112 cm³/mol. The number of hydrogen-bond acceptors (Lipinski definition) is 5. The number of anilines is 1. The Balaban J connectivity index is 1.38. The first-order chi connectivity index (χ1) is 13.6. The Bertz CT molecular complexity index is 925. The largest absolute Gasteiger partial charge is 0.356 e. The van der Waals surface area contributed by atoms with Crippen molar-refractivity contribution >= 4 is 5.82 Å². The van der Waals surface area contributed by atoms with E-state index in [1.165, 1.54) is 5.69 Å². The maximum absolute atomic E-state index is 4.84. The zero-order valence-electron chi connectivity index (χ0n) is 16.9. The molecule has 1 aromatic carbocycles. The van der Waals surface area contributed by atoms with Gasteiger partial charge in [-0.15, -0.1) is 0 Å². The van der Waals surface area contributed by atoms with Crippen LogP contribution in [0.3, 0.4) is 0 Å². The van der Waals surface area contributed by atoms with E-state index in [1.807, 2.05) is 43.8 Å². The molecule has 28 heavy (non-hydrogen) atoms. The van der Waals surface area contributed by atoms with Gasteiger partial charge in [-0.2, -0.15) is 5.10 Å². The Hall–Kier alpha value is -2.73. The van der Waals surface area contributed by atoms with Crippen molar-refractivity contribution in [3.8, 4) is 11.4 Å². The van der Waals surface area contributed by atoms with E-state index in [0.717, 1.165) is 61.1 Å². The highest BCUT2D eigenvalue weighted by atomic mass is 15.3. The number of rotatable bonds is 5. The van der Waals surface area contributed by atoms with Crippen LogP contribution in [0.4, 0.5) is 5.82 Å². The molecule has 1 saturated heterocycles. The molecule has 3 heterocycles. The predicted octanol–water partition coefficient (Wildman–Crippen LogP) is 3.25. The van der Waals surface area contributed by atoms with Crippen molar-refractivity contribution in [1.29, 1.82) is 0 Å². The third kappa shape index (κ3) is 4.22. The molecule has 3 aromatic rings. The van der Waals surface area contributed by atoms with Crippen molar-refractivity contribution in [2.45, 2.75) is 39.3 Å². The fraction of sp³-hybridized carbons (Fsp3) is 0.409. The van der Waals surface area contributed by atoms with Crippen molar-refractivity contribution in [2.24, 2.45) is 7.05 Å². The van der Waals surface area contributed by atoms with Crippen LogP contribution in [0.15, 0.2) is 42.5 Å². The minimum Gasteiger partial charge on any atom is -0.356 e. The van der Waals surface area contributed by atoms with Gasteiger partial charge in [-0.25, -0.2) is 9.97 Å². The summed E-state index contributed by atoms with van der Waals surface area (Å²) in [7, 11) is 2.01. The molecule has 0 atom stereocenters. The third-order valence-corrected chi connectivity index (χ3v) is 5.36. The number of hydrogen-bond donors (Lipinski definition) is 1. The smallest absolute Gasteiger partial charge is 0.161 e. The van der Waals surface area contributed by atoms with E-state index >= 15 is 0 Å². The van der Waals surface area contributed by atoms with Crippen molar-refractivity contribution in [2.75, 3.05) is 18.0 Å². The van der Waals surface area contributed by atoms with Crippen LogP contribution in [0.25, 0.3) is 11.4 Å². The van der Waals surface area contributed by atoms with Gasteiger partial charge in [0.2, 0.25) is 0 Å². The van der Waals surface area contributed by atoms with E-state index in [1.54, 1.807) is 0 Å². The van der Waals surface area contributed by atoms with Crippen LogP contribution in [0.1, 0.15) is 29.9 Å². The lowest BCUT2D eigenvalue weighted by Gasteiger charge is -2.33. The van der Waals surface area contributed by atoms with Gasteiger partial charge < -0.3 is 10.2 Å². The number of nitrogens with zero attached hydrogens (tertiary/aromatic N) is 5. The number of benzene rings is 1. The molecule has 0 saturated carbocycles. The molecular weight excluding hydrogens is 348 g/mol. The molecule has 0 bridgehead atoms. The molecule has 6 heteroatoms. The molecule has 1 aliphatic heterocycles. The summed E-state index contributed by atoms with van der Waals surface area (Å²) in [4.78, 5) is 11.9. The SMILES string of the molecule is Cc1cc(N2CCC(NCc3cc(C)nn3C)CC2)nc(-c2ccccc2)n1. The Morgan fingerprint density at radius 1 is 1.00 bits per heavy atom. The molecule has 4 rings (SSSR count). The van der Waals surface area contributed by atoms with Crippen LogP contribution in [0.2, 0.25) is 0 Å². The minimum atomic E-state index is 0.531. The standard InChI is InChI=1S/C22H28N6/c1-16-14-21(25-22(24-16)18-7-5-4-6-8-18)28-11-9-19(10-12-28)23-15-20-13-17(2)26-27(20)3/h4-8,13-14,19,23H,9-12,15H2,1-3H3. The molecule has 6 nitrogen and oxygen atoms in total. The number of aromatic nitrogens is 4. The van der Waals surface area contributed by atoms with E-state index in [0.29, 0.717) is 6.04 Å². The first kappa shape index (κ1) is 18.6. The van der Waals surface area contributed by atoms with Crippen LogP contribution < -0.4 is 10.2 Å². The Morgan fingerprint density at radius 3 is 2.43 bits per heavy atom. The van der Waals surface area contributed by atoms with Gasteiger partial charge in [0.1, 0.15) is 5.82 Å². The third-order valence-electron chi connectivity index (χ3n) is 5.36. The van der Waals surface area contributed by atoms with Gasteiger partial charge in [0.15, 0.2) is 5.82 Å². The van der Waals surface area contributed by atoms with E-state index in [4.69, 9.17) is 4.98 Å². The zero-order chi connectivity index (χ0) is 19.5. The van der Waals surface area contributed by atoms with Crippen LogP contribution in [0.5, 0.6) is 0 Å². The maximum Gasteiger partial charge on any atom is 0.161 e. The summed E-state index contributed by atoms with van der Waals surface area (Å²) in [6, 6.07) is 15.0. The lowest BCUT2D eigenvalue weighted by atomic mass is 10.0. The van der Waals surface area contributed by atoms with Crippen molar-refractivity contribution in [3.05, 3.63) is 59.5 Å². The highest BCUT2D eigenvalue weighted by Gasteiger charge is 2.21. The van der Waals surface area contributed by atoms with E-state index in [9.17, 15) is 0 Å². The normalized spacial score (nSPS) is 15.2. The molecule has 1 fully saturated rings. The monoisotopic (exact) mass is 376 g/mol. The fourth-order valence-corrected chi connectivity index (χ4v) is 3.82. The topological polar surface area (TPSA) is 58.9 Å². The highest BCUT2D eigenvalue weighted by molar-refractivity contribution is 5.57. The quantitative estimate of drug-likeness (QED) is 0.741. The van der Waals surface area contributed by atoms with Crippen LogP contribution in [-0.2, 0) is 13.6 Å². The van der Waals surface area contributed by atoms with E-state index in [-0.39, 0.29) is 0 Å². The average Bonchev–Trinajstić information content (AvgIpc) is 3.04. The minimum absolute atomic E-state index is 0.531. The lowest BCUT2D eigenvalue weighted by molar-refractivity contribution is 0.407. The molecular formula is C22H28N6. The lowest BCUT2D eigenvalue weighted by Crippen LogP contribution is -2.42. The Labute approximate surface area is 166 Å². The summed E-state index contributed by atoms with van der Waals surface area (Å²) in [6.45, 7) is 6.96. The molecule has 2 aromatic heterocycles. The molecule has 146 valence electrons. The van der Waals surface area contributed by atoms with Gasteiger partial charge in [0, 0.05) is 50.0 Å². The number of aryl methyl sites for hydroxylation is 3. The van der Waals surface area contributed by atoms with Crippen molar-refractivity contribution < 1.29 is 0 Å². The van der Waals surface area contributed by atoms with E-state index in [2.05, 4.69) is 44.6 Å². The number of piperidine rings is 1. The maximum atomic E-state index is 4.84. The average molecular weight is 377 g/mol. The summed E-state index contributed by atoms with van der Waals surface area (Å²) >= 11 is 0. The second-order valence-electron chi connectivity index (χ2n) is 7.60. The van der Waals surface area contributed by atoms with Gasteiger partial charge >= 0.3 is 0 Å². The van der Waals surface area contributed by atoms with Crippen LogP contribution >= 0.6 is 0 Å². The Kier molecular flexibility index (Phi) is 5.39. The zero-order valence-corrected chi connectivity index (χ0v) is 16.9. The van der Waals surface area contributed by atoms with Crippen LogP contribution in [0, 0.1) is 13.8 Å². The summed E-state index contributed by atoms with van der Waals surface area (Å²) in [5, 5.41) is 8.11. The van der Waals surface area contributed by atoms with Gasteiger partial charge in [-0.05, 0) is 32.8 Å². The van der Waals surface area contributed by atoms with Crippen LogP contribution in [-0.4, -0.2) is 38.9 Å². The van der Waals surface area contributed by atoms with Gasteiger partial charge in [-0.3, -0.25) is 4.68 Å². The first-order valence-corrected chi connectivity index (χ1v) is 9.97. The van der Waals surface area contributed by atoms with Gasteiger partial charge in [-0.1, -0.05) is 30.3 Å². The summed E-state index contributed by atoms with van der Waals surface area (Å²) < 4.78 is 1.96. The second-order valence-corrected chi connectivity index (χ2v) is 7.60. The molecule has 1 aliphatic rings. The summed E-state index contributed by atoms with van der Waals surface area (Å²) in [5.74, 6) is 1.84.